The maximum Gasteiger partial charge on any atom is 0.228 e. The van der Waals surface area contributed by atoms with Crippen LogP contribution in [0.25, 0.3) is 0 Å². The lowest BCUT2D eigenvalue weighted by atomic mass is 9.91. The summed E-state index contributed by atoms with van der Waals surface area (Å²) in [6, 6.07) is 0. The van der Waals surface area contributed by atoms with Gasteiger partial charge in [-0.3, -0.25) is 9.48 Å². The minimum Gasteiger partial charge on any atom is -0.384 e. The van der Waals surface area contributed by atoms with Crippen molar-refractivity contribution < 1.29 is 9.53 Å². The Bertz CT molecular complexity index is 474. The van der Waals surface area contributed by atoms with Gasteiger partial charge in [0.05, 0.1) is 18.5 Å². The van der Waals surface area contributed by atoms with Crippen molar-refractivity contribution in [1.82, 2.24) is 14.7 Å². The summed E-state index contributed by atoms with van der Waals surface area (Å²) in [5, 5.41) is 4.31. The van der Waals surface area contributed by atoms with E-state index in [2.05, 4.69) is 5.10 Å². The summed E-state index contributed by atoms with van der Waals surface area (Å²) in [4.78, 5) is 14.4. The van der Waals surface area contributed by atoms with Crippen LogP contribution in [-0.2, 0) is 23.1 Å². The first-order valence-corrected chi connectivity index (χ1v) is 6.63. The van der Waals surface area contributed by atoms with Gasteiger partial charge in [0.15, 0.2) is 0 Å². The van der Waals surface area contributed by atoms with Crippen molar-refractivity contribution in [2.24, 2.45) is 12.5 Å². The highest BCUT2D eigenvalue weighted by molar-refractivity contribution is 5.81. The Hall–Kier alpha value is -1.36. The monoisotopic (exact) mass is 265 g/mol. The minimum absolute atomic E-state index is 0.183. The maximum absolute atomic E-state index is 12.4. The van der Waals surface area contributed by atoms with Crippen LogP contribution in [0.2, 0.25) is 0 Å². The molecule has 0 fully saturated rings. The molecule has 1 atom stereocenters. The first kappa shape index (κ1) is 14.1. The standard InChI is InChI=1S/C14H23N3O2/c1-14(2,3)13(18)17-7-10-6-15-16(4)12(10)11(8-17)9-19-5/h6,11H,7-9H2,1-5H3/t11-/m0/s1. The number of amides is 1. The van der Waals surface area contributed by atoms with E-state index in [9.17, 15) is 4.79 Å². The molecule has 19 heavy (non-hydrogen) atoms. The van der Waals surface area contributed by atoms with Crippen molar-refractivity contribution >= 4 is 5.91 Å². The zero-order valence-corrected chi connectivity index (χ0v) is 12.4. The van der Waals surface area contributed by atoms with Crippen LogP contribution in [0.3, 0.4) is 0 Å². The fourth-order valence-electron chi connectivity index (χ4n) is 2.73. The van der Waals surface area contributed by atoms with Crippen molar-refractivity contribution in [2.75, 3.05) is 20.3 Å². The van der Waals surface area contributed by atoms with Crippen molar-refractivity contribution in [3.63, 3.8) is 0 Å². The third kappa shape index (κ3) is 2.66. The fourth-order valence-corrected chi connectivity index (χ4v) is 2.73. The topological polar surface area (TPSA) is 47.4 Å². The summed E-state index contributed by atoms with van der Waals surface area (Å²) in [7, 11) is 3.64. The van der Waals surface area contributed by atoms with Crippen LogP contribution in [0.4, 0.5) is 0 Å². The van der Waals surface area contributed by atoms with Gasteiger partial charge in [0, 0.05) is 44.1 Å². The van der Waals surface area contributed by atoms with Crippen LogP contribution in [0.5, 0.6) is 0 Å². The second kappa shape index (κ2) is 4.96. The van der Waals surface area contributed by atoms with E-state index in [0.29, 0.717) is 19.7 Å². The molecule has 106 valence electrons. The van der Waals surface area contributed by atoms with E-state index >= 15 is 0 Å². The Labute approximate surface area is 114 Å². The molecule has 2 heterocycles. The van der Waals surface area contributed by atoms with E-state index in [4.69, 9.17) is 4.74 Å². The number of methoxy groups -OCH3 is 1. The molecular weight excluding hydrogens is 242 g/mol. The van der Waals surface area contributed by atoms with Gasteiger partial charge in [-0.15, -0.1) is 0 Å². The molecule has 5 nitrogen and oxygen atoms in total. The van der Waals surface area contributed by atoms with Gasteiger partial charge in [-0.05, 0) is 0 Å². The van der Waals surface area contributed by atoms with E-state index in [1.165, 1.54) is 5.69 Å². The number of aromatic nitrogens is 2. The van der Waals surface area contributed by atoms with Gasteiger partial charge in [-0.1, -0.05) is 20.8 Å². The van der Waals surface area contributed by atoms with E-state index in [1.807, 2.05) is 43.6 Å². The molecule has 1 aliphatic rings. The Morgan fingerprint density at radius 3 is 2.79 bits per heavy atom. The molecule has 0 radical (unpaired) electrons. The number of fused-ring (bicyclic) bond motifs is 1. The lowest BCUT2D eigenvalue weighted by Gasteiger charge is -2.36. The quantitative estimate of drug-likeness (QED) is 0.815. The van der Waals surface area contributed by atoms with Gasteiger partial charge in [0.25, 0.3) is 0 Å². The second-order valence-corrected chi connectivity index (χ2v) is 6.27. The molecule has 0 aromatic carbocycles. The van der Waals surface area contributed by atoms with Crippen LogP contribution in [0, 0.1) is 5.41 Å². The summed E-state index contributed by atoms with van der Waals surface area (Å²) >= 11 is 0. The molecule has 1 aromatic rings. The predicted octanol–water partition coefficient (Wildman–Crippen LogP) is 1.54. The molecule has 0 saturated heterocycles. The van der Waals surface area contributed by atoms with Gasteiger partial charge in [-0.2, -0.15) is 5.10 Å². The van der Waals surface area contributed by atoms with Gasteiger partial charge in [0.2, 0.25) is 5.91 Å². The highest BCUT2D eigenvalue weighted by Crippen LogP contribution is 2.30. The molecule has 0 N–H and O–H groups in total. The van der Waals surface area contributed by atoms with E-state index in [-0.39, 0.29) is 17.2 Å². The van der Waals surface area contributed by atoms with Crippen molar-refractivity contribution in [1.29, 1.82) is 0 Å². The SMILES string of the molecule is COC[C@@H]1CN(C(=O)C(C)(C)C)Cc2cnn(C)c21. The van der Waals surface area contributed by atoms with Crippen LogP contribution in [-0.4, -0.2) is 40.8 Å². The molecule has 0 bridgehead atoms. The third-order valence-corrected chi connectivity index (χ3v) is 3.55. The molecule has 1 amide bonds. The van der Waals surface area contributed by atoms with Crippen LogP contribution in [0.1, 0.15) is 37.9 Å². The second-order valence-electron chi connectivity index (χ2n) is 6.27. The molecule has 0 saturated carbocycles. The lowest BCUT2D eigenvalue weighted by Crippen LogP contribution is -2.44. The molecule has 0 spiro atoms. The van der Waals surface area contributed by atoms with Crippen molar-refractivity contribution in [3.05, 3.63) is 17.5 Å². The van der Waals surface area contributed by atoms with E-state index in [0.717, 1.165) is 5.56 Å². The van der Waals surface area contributed by atoms with Gasteiger partial charge in [-0.25, -0.2) is 0 Å². The van der Waals surface area contributed by atoms with E-state index < -0.39 is 0 Å². The normalized spacial score (nSPS) is 19.4. The number of ether oxygens (including phenoxy) is 1. The Morgan fingerprint density at radius 2 is 2.21 bits per heavy atom. The van der Waals surface area contributed by atoms with Crippen LogP contribution < -0.4 is 0 Å². The smallest absolute Gasteiger partial charge is 0.228 e. The fraction of sp³-hybridized carbons (Fsp3) is 0.714. The van der Waals surface area contributed by atoms with Gasteiger partial charge >= 0.3 is 0 Å². The number of hydrogen-bond acceptors (Lipinski definition) is 3. The zero-order chi connectivity index (χ0) is 14.2. The Balaban J connectivity index is 2.28. The van der Waals surface area contributed by atoms with Crippen LogP contribution in [0.15, 0.2) is 6.20 Å². The Kier molecular flexibility index (Phi) is 3.67. The minimum atomic E-state index is -0.350. The molecule has 0 aliphatic carbocycles. The van der Waals surface area contributed by atoms with Crippen LogP contribution >= 0.6 is 0 Å². The first-order valence-electron chi connectivity index (χ1n) is 6.63. The summed E-state index contributed by atoms with van der Waals surface area (Å²) in [5.74, 6) is 0.385. The summed E-state index contributed by atoms with van der Waals surface area (Å²) in [6.07, 6.45) is 1.86. The number of hydrogen-bond donors (Lipinski definition) is 0. The number of aryl methyl sites for hydroxylation is 1. The number of nitrogens with zero attached hydrogens (tertiary/aromatic N) is 3. The van der Waals surface area contributed by atoms with E-state index in [1.54, 1.807) is 7.11 Å². The molecule has 2 rings (SSSR count). The molecule has 0 unspecified atom stereocenters. The third-order valence-electron chi connectivity index (χ3n) is 3.55. The van der Waals surface area contributed by atoms with Crippen molar-refractivity contribution in [3.8, 4) is 0 Å². The number of rotatable bonds is 2. The predicted molar refractivity (Wildman–Crippen MR) is 72.7 cm³/mol. The van der Waals surface area contributed by atoms with Gasteiger partial charge in [0.1, 0.15) is 0 Å². The number of carbonyl (C=O) groups is 1. The lowest BCUT2D eigenvalue weighted by molar-refractivity contribution is -0.141. The average molecular weight is 265 g/mol. The maximum atomic E-state index is 12.4. The van der Waals surface area contributed by atoms with Gasteiger partial charge < -0.3 is 9.64 Å². The average Bonchev–Trinajstić information content (AvgIpc) is 2.69. The highest BCUT2D eigenvalue weighted by atomic mass is 16.5. The molecule has 1 aliphatic heterocycles. The Morgan fingerprint density at radius 1 is 1.53 bits per heavy atom. The number of carbonyl (C=O) groups excluding carboxylic acids is 1. The summed E-state index contributed by atoms with van der Waals surface area (Å²) in [6.45, 7) is 7.84. The summed E-state index contributed by atoms with van der Waals surface area (Å²) < 4.78 is 7.20. The molecule has 5 heteroatoms. The molecular formula is C14H23N3O2. The first-order chi connectivity index (χ1) is 8.84. The van der Waals surface area contributed by atoms with Crippen molar-refractivity contribution in [2.45, 2.75) is 33.2 Å². The largest absolute Gasteiger partial charge is 0.384 e. The zero-order valence-electron chi connectivity index (χ0n) is 12.4. The summed E-state index contributed by atoms with van der Waals surface area (Å²) in [5.41, 5.74) is 1.98. The molecule has 1 aromatic heterocycles. The highest BCUT2D eigenvalue weighted by Gasteiger charge is 2.35.